The Morgan fingerprint density at radius 3 is 3.00 bits per heavy atom. The highest BCUT2D eigenvalue weighted by molar-refractivity contribution is 7.16. The van der Waals surface area contributed by atoms with E-state index in [0.29, 0.717) is 6.54 Å². The summed E-state index contributed by atoms with van der Waals surface area (Å²) in [7, 11) is 0. The molecule has 3 rings (SSSR count). The van der Waals surface area contributed by atoms with Crippen molar-refractivity contribution in [3.63, 3.8) is 0 Å². The van der Waals surface area contributed by atoms with Crippen molar-refractivity contribution in [1.82, 2.24) is 5.32 Å². The molecule has 4 nitrogen and oxygen atoms in total. The third-order valence-electron chi connectivity index (χ3n) is 5.11. The topological polar surface area (TPSA) is 64.3 Å². The molecule has 1 amide bonds. The van der Waals surface area contributed by atoms with Crippen LogP contribution in [-0.4, -0.2) is 24.2 Å². The van der Waals surface area contributed by atoms with Crippen LogP contribution in [0.1, 0.15) is 31.6 Å². The first-order valence-corrected chi connectivity index (χ1v) is 8.50. The number of carbonyl (C=O) groups excluding carboxylic acids is 1. The third kappa shape index (κ3) is 2.22. The van der Waals surface area contributed by atoms with Gasteiger partial charge in [-0.15, -0.1) is 11.3 Å². The van der Waals surface area contributed by atoms with Gasteiger partial charge in [0.2, 0.25) is 5.91 Å². The van der Waals surface area contributed by atoms with Crippen molar-refractivity contribution in [1.29, 1.82) is 0 Å². The predicted octanol–water partition coefficient (Wildman–Crippen LogP) is 2.55. The molecule has 1 aliphatic heterocycles. The van der Waals surface area contributed by atoms with Crippen LogP contribution in [0.4, 0.5) is 0 Å². The van der Waals surface area contributed by atoms with Gasteiger partial charge in [-0.1, -0.05) is 25.4 Å². The van der Waals surface area contributed by atoms with E-state index in [0.717, 1.165) is 28.7 Å². The molecule has 3 N–H and O–H groups in total. The zero-order chi connectivity index (χ0) is 15.3. The number of fused-ring (bicyclic) bond motifs is 1. The monoisotopic (exact) mass is 328 g/mol. The maximum Gasteiger partial charge on any atom is 0.241 e. The van der Waals surface area contributed by atoms with E-state index < -0.39 is 5.54 Å². The largest absolute Gasteiger partial charge is 0.377 e. The lowest BCUT2D eigenvalue weighted by Crippen LogP contribution is -2.82. The molecule has 0 bridgehead atoms. The first-order chi connectivity index (χ1) is 9.87. The van der Waals surface area contributed by atoms with Gasteiger partial charge < -0.3 is 15.8 Å². The molecule has 6 heteroatoms. The molecule has 0 aromatic carbocycles. The molecule has 2 fully saturated rings. The molecule has 0 radical (unpaired) electrons. The maximum atomic E-state index is 12.7. The average Bonchev–Trinajstić information content (AvgIpc) is 2.89. The predicted molar refractivity (Wildman–Crippen MR) is 84.3 cm³/mol. The molecule has 3 unspecified atom stereocenters. The lowest BCUT2D eigenvalue weighted by Gasteiger charge is -2.65. The van der Waals surface area contributed by atoms with Gasteiger partial charge in [-0.3, -0.25) is 4.79 Å². The molecule has 1 aromatic heterocycles. The Balaban J connectivity index is 1.70. The standard InChI is InChI=1S/C15H21ClN2O2S/c1-14(2)12-10(4-3-7-20-12)15(14,17)13(19)18-8-9-5-6-11(16)21-9/h5-6,10,12H,3-4,7-8,17H2,1-2H3,(H,18,19). The Bertz CT molecular complexity index is 560. The van der Waals surface area contributed by atoms with Gasteiger partial charge in [0, 0.05) is 22.8 Å². The fraction of sp³-hybridized carbons (Fsp3) is 0.667. The van der Waals surface area contributed by atoms with E-state index in [1.54, 1.807) is 0 Å². The Labute approximate surface area is 134 Å². The van der Waals surface area contributed by atoms with Crippen LogP contribution in [0.5, 0.6) is 0 Å². The van der Waals surface area contributed by atoms with Crippen molar-refractivity contribution < 1.29 is 9.53 Å². The minimum absolute atomic E-state index is 0.0798. The fourth-order valence-corrected chi connectivity index (χ4v) is 4.82. The lowest BCUT2D eigenvalue weighted by molar-refractivity contribution is -0.225. The van der Waals surface area contributed by atoms with Crippen LogP contribution >= 0.6 is 22.9 Å². The summed E-state index contributed by atoms with van der Waals surface area (Å²) in [6, 6.07) is 3.76. The van der Waals surface area contributed by atoms with Crippen molar-refractivity contribution in [2.24, 2.45) is 17.1 Å². The molecule has 1 saturated carbocycles. The highest BCUT2D eigenvalue weighted by atomic mass is 35.5. The summed E-state index contributed by atoms with van der Waals surface area (Å²) in [5, 5.41) is 2.98. The summed E-state index contributed by atoms with van der Waals surface area (Å²) in [4.78, 5) is 13.7. The summed E-state index contributed by atoms with van der Waals surface area (Å²) < 4.78 is 6.56. The summed E-state index contributed by atoms with van der Waals surface area (Å²) in [6.07, 6.45) is 2.03. The number of nitrogens with one attached hydrogen (secondary N) is 1. The summed E-state index contributed by atoms with van der Waals surface area (Å²) in [5.41, 5.74) is 5.35. The van der Waals surface area contributed by atoms with Crippen LogP contribution < -0.4 is 11.1 Å². The second-order valence-electron chi connectivity index (χ2n) is 6.52. The molecule has 1 aliphatic carbocycles. The van der Waals surface area contributed by atoms with Crippen LogP contribution in [0.2, 0.25) is 4.34 Å². The maximum absolute atomic E-state index is 12.7. The van der Waals surface area contributed by atoms with Gasteiger partial charge in [0.1, 0.15) is 5.54 Å². The van der Waals surface area contributed by atoms with E-state index in [2.05, 4.69) is 5.32 Å². The van der Waals surface area contributed by atoms with Crippen LogP contribution in [0.3, 0.4) is 0 Å². The number of halogens is 1. The Morgan fingerprint density at radius 1 is 1.57 bits per heavy atom. The van der Waals surface area contributed by atoms with E-state index >= 15 is 0 Å². The molecule has 21 heavy (non-hydrogen) atoms. The van der Waals surface area contributed by atoms with Crippen LogP contribution in [0.25, 0.3) is 0 Å². The van der Waals surface area contributed by atoms with E-state index in [4.69, 9.17) is 22.1 Å². The zero-order valence-corrected chi connectivity index (χ0v) is 13.9. The van der Waals surface area contributed by atoms with Crippen LogP contribution in [0.15, 0.2) is 12.1 Å². The molecule has 0 spiro atoms. The van der Waals surface area contributed by atoms with Crippen LogP contribution in [-0.2, 0) is 16.1 Å². The van der Waals surface area contributed by atoms with Gasteiger partial charge >= 0.3 is 0 Å². The van der Waals surface area contributed by atoms with Gasteiger partial charge in [-0.25, -0.2) is 0 Å². The Morgan fingerprint density at radius 2 is 2.33 bits per heavy atom. The molecule has 2 aliphatic rings. The van der Waals surface area contributed by atoms with Gasteiger partial charge in [0.05, 0.1) is 17.0 Å². The second-order valence-corrected chi connectivity index (χ2v) is 8.32. The first kappa shape index (κ1) is 15.3. The van der Waals surface area contributed by atoms with E-state index in [9.17, 15) is 4.79 Å². The molecule has 2 heterocycles. The van der Waals surface area contributed by atoms with Gasteiger partial charge in [0.25, 0.3) is 0 Å². The summed E-state index contributed by atoms with van der Waals surface area (Å²) in [5.74, 6) is 0.0388. The number of hydrogen-bond donors (Lipinski definition) is 2. The lowest BCUT2D eigenvalue weighted by atomic mass is 9.46. The normalized spacial score (nSPS) is 33.9. The van der Waals surface area contributed by atoms with Crippen molar-refractivity contribution in [3.8, 4) is 0 Å². The number of amides is 1. The van der Waals surface area contributed by atoms with Crippen LogP contribution in [0, 0.1) is 11.3 Å². The number of hydrogen-bond acceptors (Lipinski definition) is 4. The quantitative estimate of drug-likeness (QED) is 0.896. The molecule has 116 valence electrons. The minimum Gasteiger partial charge on any atom is -0.377 e. The van der Waals surface area contributed by atoms with Crippen molar-refractivity contribution in [3.05, 3.63) is 21.3 Å². The first-order valence-electron chi connectivity index (χ1n) is 7.30. The molecule has 1 saturated heterocycles. The zero-order valence-electron chi connectivity index (χ0n) is 12.3. The number of thiophene rings is 1. The van der Waals surface area contributed by atoms with E-state index in [1.165, 1.54) is 11.3 Å². The highest BCUT2D eigenvalue weighted by Crippen LogP contribution is 2.57. The fourth-order valence-electron chi connectivity index (χ4n) is 3.80. The van der Waals surface area contributed by atoms with Crippen molar-refractivity contribution in [2.45, 2.75) is 44.9 Å². The van der Waals surface area contributed by atoms with E-state index in [-0.39, 0.29) is 23.3 Å². The SMILES string of the molecule is CC1(C)C2OCCCC2C1(N)C(=O)NCc1ccc(Cl)s1. The second kappa shape index (κ2) is 5.23. The summed E-state index contributed by atoms with van der Waals surface area (Å²) >= 11 is 7.38. The number of carbonyl (C=O) groups is 1. The smallest absolute Gasteiger partial charge is 0.241 e. The minimum atomic E-state index is -0.848. The molecule has 1 aromatic rings. The Kier molecular flexibility index (Phi) is 3.81. The highest BCUT2D eigenvalue weighted by Gasteiger charge is 2.70. The number of rotatable bonds is 3. The van der Waals surface area contributed by atoms with Crippen molar-refractivity contribution in [2.75, 3.05) is 6.61 Å². The van der Waals surface area contributed by atoms with Gasteiger partial charge in [-0.2, -0.15) is 0 Å². The molecule has 3 atom stereocenters. The number of nitrogens with two attached hydrogens (primary N) is 1. The molecular weight excluding hydrogens is 308 g/mol. The average molecular weight is 329 g/mol. The number of ether oxygens (including phenoxy) is 1. The third-order valence-corrected chi connectivity index (χ3v) is 6.34. The Hall–Kier alpha value is -0.620. The summed E-state index contributed by atoms with van der Waals surface area (Å²) in [6.45, 7) is 5.31. The molecular formula is C15H21ClN2O2S. The van der Waals surface area contributed by atoms with Gasteiger partial charge in [0.15, 0.2) is 0 Å². The van der Waals surface area contributed by atoms with Gasteiger partial charge in [-0.05, 0) is 25.0 Å². The van der Waals surface area contributed by atoms with Crippen molar-refractivity contribution >= 4 is 28.8 Å². The van der Waals surface area contributed by atoms with E-state index in [1.807, 2.05) is 26.0 Å².